The summed E-state index contributed by atoms with van der Waals surface area (Å²) in [5.74, 6) is 0.238. The van der Waals surface area contributed by atoms with Gasteiger partial charge in [0.2, 0.25) is 5.91 Å². The molecule has 29 heavy (non-hydrogen) atoms. The summed E-state index contributed by atoms with van der Waals surface area (Å²) in [5.41, 5.74) is 3.57. The lowest BCUT2D eigenvalue weighted by Gasteiger charge is -2.23. The van der Waals surface area contributed by atoms with Gasteiger partial charge in [-0.15, -0.1) is 0 Å². The Hall–Kier alpha value is -2.57. The molecule has 3 heterocycles. The molecule has 0 radical (unpaired) electrons. The van der Waals surface area contributed by atoms with Crippen molar-refractivity contribution in [2.45, 2.75) is 24.4 Å². The van der Waals surface area contributed by atoms with E-state index >= 15 is 0 Å². The highest BCUT2D eigenvalue weighted by atomic mass is 32.2. The lowest BCUT2D eigenvalue weighted by Crippen LogP contribution is -2.38. The van der Waals surface area contributed by atoms with Crippen molar-refractivity contribution in [3.63, 3.8) is 0 Å². The van der Waals surface area contributed by atoms with Crippen LogP contribution in [0, 0.1) is 18.3 Å². The molecule has 1 fully saturated rings. The number of hydrogen-bond donors (Lipinski definition) is 0. The number of aryl methyl sites for hydroxylation is 1. The minimum absolute atomic E-state index is 0.0340. The predicted octanol–water partition coefficient (Wildman–Crippen LogP) is 2.41. The zero-order valence-corrected chi connectivity index (χ0v) is 17.8. The topological polar surface area (TPSA) is 95.5 Å². The van der Waals surface area contributed by atoms with Crippen molar-refractivity contribution in [1.82, 2.24) is 14.3 Å². The average molecular weight is 429 g/mol. The summed E-state index contributed by atoms with van der Waals surface area (Å²) in [6.07, 6.45) is 0.488. The maximum Gasteiger partial charge on any atom is 0.233 e. The van der Waals surface area contributed by atoms with Crippen LogP contribution in [-0.4, -0.2) is 59.0 Å². The van der Waals surface area contributed by atoms with E-state index in [1.807, 2.05) is 41.7 Å². The third-order valence-electron chi connectivity index (χ3n) is 5.34. The fourth-order valence-electron chi connectivity index (χ4n) is 3.68. The third-order valence-corrected chi connectivity index (χ3v) is 8.08. The van der Waals surface area contributed by atoms with Gasteiger partial charge in [-0.2, -0.15) is 5.26 Å². The molecule has 3 aromatic rings. The molecule has 0 unspecified atom stereocenters. The number of benzene rings is 1. The largest absolute Gasteiger partial charge is 0.341 e. The molecule has 0 spiro atoms. The van der Waals surface area contributed by atoms with Crippen molar-refractivity contribution in [1.29, 1.82) is 5.26 Å². The summed E-state index contributed by atoms with van der Waals surface area (Å²) in [6, 6.07) is 11.5. The van der Waals surface area contributed by atoms with Gasteiger partial charge in [-0.1, -0.05) is 23.9 Å². The Morgan fingerprint density at radius 3 is 2.86 bits per heavy atom. The van der Waals surface area contributed by atoms with Crippen LogP contribution in [-0.2, 0) is 14.6 Å². The zero-order valence-electron chi connectivity index (χ0n) is 16.1. The number of nitrogens with zero attached hydrogens (tertiary/aromatic N) is 4. The second kappa shape index (κ2) is 7.35. The van der Waals surface area contributed by atoms with Crippen LogP contribution < -0.4 is 0 Å². The molecule has 150 valence electrons. The summed E-state index contributed by atoms with van der Waals surface area (Å²) < 4.78 is 25.3. The van der Waals surface area contributed by atoms with Crippen molar-refractivity contribution in [2.24, 2.45) is 0 Å². The molecule has 9 heteroatoms. The first-order valence-electron chi connectivity index (χ1n) is 9.20. The Bertz CT molecular complexity index is 1270. The maximum atomic E-state index is 12.7. The number of fused-ring (bicyclic) bond motifs is 3. The van der Waals surface area contributed by atoms with E-state index in [0.717, 1.165) is 21.6 Å². The highest BCUT2D eigenvalue weighted by molar-refractivity contribution is 7.99. The van der Waals surface area contributed by atoms with Gasteiger partial charge in [-0.25, -0.2) is 13.4 Å². The van der Waals surface area contributed by atoms with Crippen LogP contribution in [0.5, 0.6) is 0 Å². The Labute approximate surface area is 173 Å². The van der Waals surface area contributed by atoms with Crippen molar-refractivity contribution in [3.05, 3.63) is 41.5 Å². The number of carbonyl (C=O) groups excluding carboxylic acids is 1. The molecule has 0 bridgehead atoms. The molecule has 4 rings (SSSR count). The Morgan fingerprint density at radius 2 is 2.17 bits per heavy atom. The van der Waals surface area contributed by atoms with Crippen molar-refractivity contribution >= 4 is 44.2 Å². The van der Waals surface area contributed by atoms with Gasteiger partial charge in [0.15, 0.2) is 15.5 Å². The fraction of sp³-hybridized carbons (Fsp3) is 0.350. The first kappa shape index (κ1) is 19.7. The minimum Gasteiger partial charge on any atom is -0.341 e. The van der Waals surface area contributed by atoms with Crippen LogP contribution in [0.15, 0.2) is 35.4 Å². The molecule has 0 N–H and O–H groups in total. The highest BCUT2D eigenvalue weighted by Crippen LogP contribution is 2.29. The molecule has 1 amide bonds. The van der Waals surface area contributed by atoms with Crippen LogP contribution in [0.3, 0.4) is 0 Å². The number of sulfone groups is 1. The molecule has 1 aliphatic heterocycles. The van der Waals surface area contributed by atoms with Gasteiger partial charge in [-0.05, 0) is 37.1 Å². The lowest BCUT2D eigenvalue weighted by atomic mass is 10.2. The number of hydrogen-bond acceptors (Lipinski definition) is 6. The van der Waals surface area contributed by atoms with Crippen LogP contribution in [0.1, 0.15) is 17.5 Å². The summed E-state index contributed by atoms with van der Waals surface area (Å²) >= 11 is 1.37. The smallest absolute Gasteiger partial charge is 0.233 e. The maximum absolute atomic E-state index is 12.7. The molecule has 2 aromatic heterocycles. The second-order valence-corrected chi connectivity index (χ2v) is 10.5. The van der Waals surface area contributed by atoms with E-state index in [4.69, 9.17) is 0 Å². The zero-order chi connectivity index (χ0) is 20.8. The van der Waals surface area contributed by atoms with Gasteiger partial charge in [0.25, 0.3) is 0 Å². The summed E-state index contributed by atoms with van der Waals surface area (Å²) in [7, 11) is -1.38. The molecule has 0 aliphatic carbocycles. The molecule has 1 aliphatic rings. The Morgan fingerprint density at radius 1 is 1.41 bits per heavy atom. The Kier molecular flexibility index (Phi) is 5.00. The van der Waals surface area contributed by atoms with Gasteiger partial charge in [0, 0.05) is 13.1 Å². The third kappa shape index (κ3) is 3.58. The number of rotatable bonds is 4. The first-order valence-corrected chi connectivity index (χ1v) is 12.0. The van der Waals surface area contributed by atoms with Crippen molar-refractivity contribution < 1.29 is 13.2 Å². The molecule has 1 atom stereocenters. The fourth-order valence-corrected chi connectivity index (χ4v) is 6.50. The number of amides is 1. The molecule has 7 nitrogen and oxygen atoms in total. The van der Waals surface area contributed by atoms with Gasteiger partial charge in [0.05, 0.1) is 38.9 Å². The standard InChI is InChI=1S/C20H20N4O3S2/c1-13-9-19(28-11-18(25)23(2)14-7-8-29(26,27)12-14)24-17-6-4-3-5-16(17)22-20(24)15(13)10-21/h3-6,9,14H,7-8,11-12H2,1-2H3/t14-/m1/s1. The van der Waals surface area contributed by atoms with Crippen LogP contribution in [0.2, 0.25) is 0 Å². The minimum atomic E-state index is -3.04. The predicted molar refractivity (Wildman–Crippen MR) is 113 cm³/mol. The number of thioether (sulfide) groups is 1. The van der Waals surface area contributed by atoms with Gasteiger partial charge < -0.3 is 4.90 Å². The number of carbonyl (C=O) groups is 1. The van der Waals surface area contributed by atoms with E-state index in [2.05, 4.69) is 11.1 Å². The van der Waals surface area contributed by atoms with E-state index in [1.165, 1.54) is 11.8 Å². The van der Waals surface area contributed by atoms with Crippen molar-refractivity contribution in [2.75, 3.05) is 24.3 Å². The monoisotopic (exact) mass is 428 g/mol. The van der Waals surface area contributed by atoms with Gasteiger partial charge in [-0.3, -0.25) is 9.20 Å². The number of nitriles is 1. The quantitative estimate of drug-likeness (QED) is 0.592. The molecular formula is C20H20N4O3S2. The summed E-state index contributed by atoms with van der Waals surface area (Å²) in [5, 5.41) is 10.4. The Balaban J connectivity index is 1.65. The number of aromatic nitrogens is 2. The van der Waals surface area contributed by atoms with E-state index < -0.39 is 9.84 Å². The first-order chi connectivity index (χ1) is 13.8. The number of pyridine rings is 1. The van der Waals surface area contributed by atoms with Crippen LogP contribution in [0.25, 0.3) is 16.7 Å². The molecular weight excluding hydrogens is 408 g/mol. The van der Waals surface area contributed by atoms with E-state index in [1.54, 1.807) is 11.9 Å². The number of imidazole rings is 1. The molecule has 1 saturated heterocycles. The SMILES string of the molecule is Cc1cc(SCC(=O)N(C)[C@@H]2CCS(=O)(=O)C2)n2c(nc3ccccc32)c1C#N. The molecule has 1 aromatic carbocycles. The van der Waals surface area contributed by atoms with E-state index in [9.17, 15) is 18.5 Å². The highest BCUT2D eigenvalue weighted by Gasteiger charge is 2.32. The number of para-hydroxylation sites is 2. The van der Waals surface area contributed by atoms with Crippen LogP contribution in [0.4, 0.5) is 0 Å². The van der Waals surface area contributed by atoms with E-state index in [0.29, 0.717) is 17.6 Å². The van der Waals surface area contributed by atoms with Crippen LogP contribution >= 0.6 is 11.8 Å². The average Bonchev–Trinajstić information content (AvgIpc) is 3.25. The summed E-state index contributed by atoms with van der Waals surface area (Å²) in [6.45, 7) is 1.86. The van der Waals surface area contributed by atoms with Gasteiger partial charge >= 0.3 is 0 Å². The summed E-state index contributed by atoms with van der Waals surface area (Å²) in [4.78, 5) is 18.9. The second-order valence-electron chi connectivity index (χ2n) is 7.26. The normalized spacial score (nSPS) is 18.2. The lowest BCUT2D eigenvalue weighted by molar-refractivity contribution is -0.128. The van der Waals surface area contributed by atoms with Gasteiger partial charge in [0.1, 0.15) is 6.07 Å². The van der Waals surface area contributed by atoms with Crippen molar-refractivity contribution in [3.8, 4) is 6.07 Å². The van der Waals surface area contributed by atoms with E-state index in [-0.39, 0.29) is 29.2 Å². The molecule has 0 saturated carbocycles.